The Morgan fingerprint density at radius 1 is 1.39 bits per heavy atom. The lowest BCUT2D eigenvalue weighted by Gasteiger charge is -2.28. The molecule has 5 heteroatoms. The third-order valence-electron chi connectivity index (χ3n) is 3.21. The fraction of sp³-hybridized carbons (Fsp3) is 0.308. The van der Waals surface area contributed by atoms with Crippen LogP contribution in [0.1, 0.15) is 16.0 Å². The van der Waals surface area contributed by atoms with E-state index in [1.54, 1.807) is 11.3 Å². The predicted octanol–water partition coefficient (Wildman–Crippen LogP) is 2.94. The number of nitrogens with two attached hydrogens (primary N) is 1. The summed E-state index contributed by atoms with van der Waals surface area (Å²) in [5.41, 5.74) is 8.41. The summed E-state index contributed by atoms with van der Waals surface area (Å²) in [6, 6.07) is 6.18. The summed E-state index contributed by atoms with van der Waals surface area (Å²) in [6.45, 7) is 2.96. The third kappa shape index (κ3) is 2.51. The molecule has 0 aliphatic carbocycles. The van der Waals surface area contributed by atoms with Gasteiger partial charge in [-0.2, -0.15) is 0 Å². The standard InChI is InChI=1S/C13H14ClN3S/c14-11-2-1-10-7-17(4-3-9(10)5-11)8-12-6-16-13(15)18-12/h1-2,5-6H,3-4,7-8H2,(H2,15,16). The highest BCUT2D eigenvalue weighted by atomic mass is 35.5. The van der Waals surface area contributed by atoms with Gasteiger partial charge in [-0.3, -0.25) is 4.90 Å². The normalized spacial score (nSPS) is 15.6. The first kappa shape index (κ1) is 12.0. The monoisotopic (exact) mass is 279 g/mol. The average Bonchev–Trinajstić information content (AvgIpc) is 2.75. The number of hydrogen-bond acceptors (Lipinski definition) is 4. The molecule has 94 valence electrons. The highest BCUT2D eigenvalue weighted by Crippen LogP contribution is 2.25. The van der Waals surface area contributed by atoms with Crippen LogP contribution in [0.5, 0.6) is 0 Å². The molecule has 18 heavy (non-hydrogen) atoms. The molecule has 2 N–H and O–H groups in total. The molecule has 0 radical (unpaired) electrons. The van der Waals surface area contributed by atoms with Crippen molar-refractivity contribution in [1.29, 1.82) is 0 Å². The molecule has 0 unspecified atom stereocenters. The highest BCUT2D eigenvalue weighted by Gasteiger charge is 2.17. The first-order valence-corrected chi connectivity index (χ1v) is 7.10. The molecule has 0 spiro atoms. The number of fused-ring (bicyclic) bond motifs is 1. The number of benzene rings is 1. The van der Waals surface area contributed by atoms with Gasteiger partial charge in [-0.05, 0) is 29.7 Å². The van der Waals surface area contributed by atoms with E-state index in [1.807, 2.05) is 12.3 Å². The Bertz CT molecular complexity index is 567. The van der Waals surface area contributed by atoms with Gasteiger partial charge in [0.05, 0.1) is 0 Å². The van der Waals surface area contributed by atoms with Gasteiger partial charge in [-0.25, -0.2) is 4.98 Å². The lowest BCUT2D eigenvalue weighted by molar-refractivity contribution is 0.247. The summed E-state index contributed by atoms with van der Waals surface area (Å²) in [5, 5.41) is 1.48. The second kappa shape index (κ2) is 4.88. The van der Waals surface area contributed by atoms with E-state index < -0.39 is 0 Å². The second-order valence-corrected chi connectivity index (χ2v) is 6.12. The smallest absolute Gasteiger partial charge is 0.180 e. The SMILES string of the molecule is Nc1ncc(CN2CCc3cc(Cl)ccc3C2)s1. The van der Waals surface area contributed by atoms with Crippen molar-refractivity contribution in [1.82, 2.24) is 9.88 Å². The molecule has 0 fully saturated rings. The quantitative estimate of drug-likeness (QED) is 0.919. The number of halogens is 1. The van der Waals surface area contributed by atoms with E-state index in [-0.39, 0.29) is 0 Å². The molecule has 1 aromatic carbocycles. The molecule has 0 bridgehead atoms. The van der Waals surface area contributed by atoms with Crippen LogP contribution in [0.2, 0.25) is 5.02 Å². The molecule has 2 heterocycles. The number of rotatable bonds is 2. The van der Waals surface area contributed by atoms with Crippen molar-refractivity contribution in [2.75, 3.05) is 12.3 Å². The van der Waals surface area contributed by atoms with Crippen LogP contribution in [0.4, 0.5) is 5.13 Å². The summed E-state index contributed by atoms with van der Waals surface area (Å²) in [5.74, 6) is 0. The van der Waals surface area contributed by atoms with Crippen molar-refractivity contribution in [2.45, 2.75) is 19.5 Å². The minimum absolute atomic E-state index is 0.647. The summed E-state index contributed by atoms with van der Waals surface area (Å²) in [4.78, 5) is 7.74. The molecule has 3 rings (SSSR count). The fourth-order valence-electron chi connectivity index (χ4n) is 2.33. The van der Waals surface area contributed by atoms with Crippen LogP contribution in [0.15, 0.2) is 24.4 Å². The topological polar surface area (TPSA) is 42.1 Å². The average molecular weight is 280 g/mol. The predicted molar refractivity (Wildman–Crippen MR) is 75.8 cm³/mol. The zero-order valence-corrected chi connectivity index (χ0v) is 11.5. The van der Waals surface area contributed by atoms with Crippen LogP contribution in [0.3, 0.4) is 0 Å². The van der Waals surface area contributed by atoms with Crippen LogP contribution >= 0.6 is 22.9 Å². The van der Waals surface area contributed by atoms with Gasteiger partial charge in [-0.1, -0.05) is 17.7 Å². The van der Waals surface area contributed by atoms with E-state index >= 15 is 0 Å². The van der Waals surface area contributed by atoms with Gasteiger partial charge >= 0.3 is 0 Å². The minimum atomic E-state index is 0.647. The Labute approximate surface area is 115 Å². The molecule has 3 nitrogen and oxygen atoms in total. The Hall–Kier alpha value is -1.10. The van der Waals surface area contributed by atoms with E-state index in [0.717, 1.165) is 31.1 Å². The van der Waals surface area contributed by atoms with Crippen LogP contribution in [0, 0.1) is 0 Å². The fourth-order valence-corrected chi connectivity index (χ4v) is 3.25. The van der Waals surface area contributed by atoms with E-state index in [4.69, 9.17) is 17.3 Å². The summed E-state index contributed by atoms with van der Waals surface area (Å²) < 4.78 is 0. The van der Waals surface area contributed by atoms with E-state index in [1.165, 1.54) is 16.0 Å². The third-order valence-corrected chi connectivity index (χ3v) is 4.26. The minimum Gasteiger partial charge on any atom is -0.375 e. The Balaban J connectivity index is 1.73. The summed E-state index contributed by atoms with van der Waals surface area (Å²) >= 11 is 7.58. The van der Waals surface area contributed by atoms with Gasteiger partial charge in [-0.15, -0.1) is 11.3 Å². The van der Waals surface area contributed by atoms with Crippen molar-refractivity contribution < 1.29 is 0 Å². The van der Waals surface area contributed by atoms with Crippen molar-refractivity contribution in [3.8, 4) is 0 Å². The second-order valence-electron chi connectivity index (χ2n) is 4.54. The molecule has 0 saturated carbocycles. The molecule has 0 atom stereocenters. The lowest BCUT2D eigenvalue weighted by atomic mass is 10.00. The van der Waals surface area contributed by atoms with Gasteiger partial charge in [0, 0.05) is 35.7 Å². The molecule has 1 aromatic heterocycles. The van der Waals surface area contributed by atoms with Crippen molar-refractivity contribution in [3.05, 3.63) is 45.4 Å². The number of thiazole rings is 1. The van der Waals surface area contributed by atoms with Crippen LogP contribution in [0.25, 0.3) is 0 Å². The molecular formula is C13H14ClN3S. The zero-order valence-electron chi connectivity index (χ0n) is 9.90. The van der Waals surface area contributed by atoms with E-state index in [2.05, 4.69) is 22.0 Å². The van der Waals surface area contributed by atoms with Gasteiger partial charge in [0.15, 0.2) is 5.13 Å². The number of aromatic nitrogens is 1. The highest BCUT2D eigenvalue weighted by molar-refractivity contribution is 7.15. The Morgan fingerprint density at radius 2 is 2.28 bits per heavy atom. The number of nitrogen functional groups attached to an aromatic ring is 1. The maximum Gasteiger partial charge on any atom is 0.180 e. The van der Waals surface area contributed by atoms with Crippen LogP contribution in [-0.2, 0) is 19.5 Å². The van der Waals surface area contributed by atoms with Gasteiger partial charge in [0.25, 0.3) is 0 Å². The number of anilines is 1. The molecule has 0 saturated heterocycles. The van der Waals surface area contributed by atoms with Gasteiger partial charge in [0.2, 0.25) is 0 Å². The van der Waals surface area contributed by atoms with Crippen LogP contribution < -0.4 is 5.73 Å². The number of nitrogens with zero attached hydrogens (tertiary/aromatic N) is 2. The Kier molecular flexibility index (Phi) is 3.24. The molecule has 1 aliphatic rings. The number of hydrogen-bond donors (Lipinski definition) is 1. The largest absolute Gasteiger partial charge is 0.375 e. The van der Waals surface area contributed by atoms with Crippen LogP contribution in [-0.4, -0.2) is 16.4 Å². The maximum absolute atomic E-state index is 6.01. The zero-order chi connectivity index (χ0) is 12.5. The van der Waals surface area contributed by atoms with Gasteiger partial charge in [0.1, 0.15) is 0 Å². The van der Waals surface area contributed by atoms with Gasteiger partial charge < -0.3 is 5.73 Å². The first-order valence-electron chi connectivity index (χ1n) is 5.90. The van der Waals surface area contributed by atoms with Crippen molar-refractivity contribution >= 4 is 28.1 Å². The Morgan fingerprint density at radius 3 is 3.06 bits per heavy atom. The molecule has 0 amide bonds. The van der Waals surface area contributed by atoms with Crippen molar-refractivity contribution in [3.63, 3.8) is 0 Å². The first-order chi connectivity index (χ1) is 8.70. The molecule has 1 aliphatic heterocycles. The van der Waals surface area contributed by atoms with Crippen molar-refractivity contribution in [2.24, 2.45) is 0 Å². The molecule has 2 aromatic rings. The molecular weight excluding hydrogens is 266 g/mol. The maximum atomic E-state index is 6.01. The summed E-state index contributed by atoms with van der Waals surface area (Å²) in [6.07, 6.45) is 2.93. The lowest BCUT2D eigenvalue weighted by Crippen LogP contribution is -2.29. The van der Waals surface area contributed by atoms with E-state index in [9.17, 15) is 0 Å². The van der Waals surface area contributed by atoms with E-state index in [0.29, 0.717) is 5.13 Å². The summed E-state index contributed by atoms with van der Waals surface area (Å²) in [7, 11) is 0.